The van der Waals surface area contributed by atoms with Crippen LogP contribution < -0.4 is 5.73 Å². The third-order valence-electron chi connectivity index (χ3n) is 2.14. The molecule has 0 bridgehead atoms. The van der Waals surface area contributed by atoms with Crippen molar-refractivity contribution in [3.05, 3.63) is 24.0 Å². The minimum absolute atomic E-state index is 0.284. The van der Waals surface area contributed by atoms with Crippen molar-refractivity contribution < 1.29 is 9.53 Å². The van der Waals surface area contributed by atoms with E-state index < -0.39 is 11.5 Å². The predicted molar refractivity (Wildman–Crippen MR) is 63.0 cm³/mol. The Bertz CT molecular complexity index is 336. The van der Waals surface area contributed by atoms with Crippen molar-refractivity contribution in [3.8, 4) is 0 Å². The van der Waals surface area contributed by atoms with E-state index in [2.05, 4.69) is 4.98 Å². The van der Waals surface area contributed by atoms with Gasteiger partial charge < -0.3 is 15.5 Å². The van der Waals surface area contributed by atoms with Crippen LogP contribution in [0, 0.1) is 0 Å². The Morgan fingerprint density at radius 3 is 2.50 bits per heavy atom. The van der Waals surface area contributed by atoms with Gasteiger partial charge in [0, 0.05) is 17.9 Å². The van der Waals surface area contributed by atoms with Crippen molar-refractivity contribution in [2.45, 2.75) is 45.3 Å². The first kappa shape index (κ1) is 12.8. The van der Waals surface area contributed by atoms with Crippen LogP contribution in [0.15, 0.2) is 18.3 Å². The molecule has 1 heterocycles. The van der Waals surface area contributed by atoms with Gasteiger partial charge in [0.1, 0.15) is 11.5 Å². The highest BCUT2D eigenvalue weighted by atomic mass is 16.6. The summed E-state index contributed by atoms with van der Waals surface area (Å²) in [6.07, 6.45) is 1.77. The van der Waals surface area contributed by atoms with Crippen LogP contribution in [0.1, 0.15) is 39.3 Å². The first-order valence-corrected chi connectivity index (χ1v) is 5.43. The Labute approximate surface area is 96.2 Å². The lowest BCUT2D eigenvalue weighted by molar-refractivity contribution is -0.157. The number of rotatable bonds is 3. The van der Waals surface area contributed by atoms with Gasteiger partial charge in [-0.05, 0) is 39.8 Å². The van der Waals surface area contributed by atoms with Crippen molar-refractivity contribution in [3.63, 3.8) is 0 Å². The molecular weight excluding hydrogens is 204 g/mol. The van der Waals surface area contributed by atoms with Crippen molar-refractivity contribution >= 4 is 5.97 Å². The van der Waals surface area contributed by atoms with Gasteiger partial charge in [0.2, 0.25) is 0 Å². The molecule has 0 aliphatic rings. The maximum absolute atomic E-state index is 12.0. The van der Waals surface area contributed by atoms with Crippen LogP contribution in [-0.4, -0.2) is 22.6 Å². The Hall–Kier alpha value is -1.29. The van der Waals surface area contributed by atoms with Gasteiger partial charge in [-0.25, -0.2) is 0 Å². The van der Waals surface area contributed by atoms with Crippen LogP contribution in [0.4, 0.5) is 0 Å². The standard InChI is InChI=1S/C12H20N2O2/c1-8(13)10(9-6-5-7-14-9)11(15)16-12(2,3)4/h5-8,10,14H,13H2,1-4H3/t8-,10-/m0/s1. The fraction of sp³-hybridized carbons (Fsp3) is 0.583. The zero-order chi connectivity index (χ0) is 12.3. The topological polar surface area (TPSA) is 68.1 Å². The molecule has 16 heavy (non-hydrogen) atoms. The SMILES string of the molecule is C[C@H](N)[C@H](C(=O)OC(C)(C)C)c1ccc[nH]1. The highest BCUT2D eigenvalue weighted by Crippen LogP contribution is 2.21. The van der Waals surface area contributed by atoms with Gasteiger partial charge >= 0.3 is 5.97 Å². The van der Waals surface area contributed by atoms with Crippen molar-refractivity contribution in [2.75, 3.05) is 0 Å². The summed E-state index contributed by atoms with van der Waals surface area (Å²) in [5.41, 5.74) is 6.13. The van der Waals surface area contributed by atoms with Crippen molar-refractivity contribution in [1.82, 2.24) is 4.98 Å². The number of H-pyrrole nitrogens is 1. The van der Waals surface area contributed by atoms with E-state index in [1.807, 2.05) is 32.9 Å². The highest BCUT2D eigenvalue weighted by molar-refractivity contribution is 5.78. The van der Waals surface area contributed by atoms with Gasteiger partial charge in [-0.3, -0.25) is 4.79 Å². The molecule has 0 unspecified atom stereocenters. The largest absolute Gasteiger partial charge is 0.459 e. The lowest BCUT2D eigenvalue weighted by Crippen LogP contribution is -2.36. The average molecular weight is 224 g/mol. The molecule has 0 aromatic carbocycles. The molecule has 0 saturated heterocycles. The van der Waals surface area contributed by atoms with Gasteiger partial charge in [0.25, 0.3) is 0 Å². The Balaban J connectivity index is 2.84. The fourth-order valence-electron chi connectivity index (χ4n) is 1.53. The average Bonchev–Trinajstić information content (AvgIpc) is 2.52. The minimum atomic E-state index is -0.489. The van der Waals surface area contributed by atoms with E-state index in [1.165, 1.54) is 0 Å². The van der Waals surface area contributed by atoms with E-state index in [0.717, 1.165) is 5.69 Å². The molecule has 0 aliphatic heterocycles. The van der Waals surface area contributed by atoms with E-state index in [9.17, 15) is 4.79 Å². The minimum Gasteiger partial charge on any atom is -0.459 e. The van der Waals surface area contributed by atoms with E-state index >= 15 is 0 Å². The predicted octanol–water partition coefficient (Wildman–Crippen LogP) is 1.79. The van der Waals surface area contributed by atoms with E-state index in [0.29, 0.717) is 0 Å². The zero-order valence-corrected chi connectivity index (χ0v) is 10.3. The van der Waals surface area contributed by atoms with E-state index in [1.54, 1.807) is 13.1 Å². The molecule has 0 radical (unpaired) electrons. The zero-order valence-electron chi connectivity index (χ0n) is 10.3. The number of ether oxygens (including phenoxy) is 1. The molecule has 3 N–H and O–H groups in total. The molecule has 1 aromatic heterocycles. The second-order valence-electron chi connectivity index (χ2n) is 5.00. The van der Waals surface area contributed by atoms with Crippen LogP contribution in [-0.2, 0) is 9.53 Å². The van der Waals surface area contributed by atoms with Crippen molar-refractivity contribution in [2.24, 2.45) is 5.73 Å². The number of carbonyl (C=O) groups excluding carboxylic acids is 1. The normalized spacial score (nSPS) is 15.6. The number of hydrogen-bond acceptors (Lipinski definition) is 3. The number of aromatic nitrogens is 1. The number of esters is 1. The molecule has 1 aromatic rings. The quantitative estimate of drug-likeness (QED) is 0.769. The Morgan fingerprint density at radius 2 is 2.12 bits per heavy atom. The summed E-state index contributed by atoms with van der Waals surface area (Å²) in [6.45, 7) is 7.34. The van der Waals surface area contributed by atoms with Crippen LogP contribution in [0.3, 0.4) is 0 Å². The van der Waals surface area contributed by atoms with Crippen LogP contribution in [0.2, 0.25) is 0 Å². The summed E-state index contributed by atoms with van der Waals surface area (Å²) < 4.78 is 5.35. The fourth-order valence-corrected chi connectivity index (χ4v) is 1.53. The molecule has 0 amide bonds. The van der Waals surface area contributed by atoms with Gasteiger partial charge in [-0.15, -0.1) is 0 Å². The van der Waals surface area contributed by atoms with Gasteiger partial charge in [-0.1, -0.05) is 0 Å². The molecule has 2 atom stereocenters. The van der Waals surface area contributed by atoms with Gasteiger partial charge in [0.15, 0.2) is 0 Å². The Kier molecular flexibility index (Phi) is 3.75. The highest BCUT2D eigenvalue weighted by Gasteiger charge is 2.30. The summed E-state index contributed by atoms with van der Waals surface area (Å²) >= 11 is 0. The van der Waals surface area contributed by atoms with Crippen LogP contribution in [0.25, 0.3) is 0 Å². The molecule has 0 fully saturated rings. The summed E-state index contributed by atoms with van der Waals surface area (Å²) in [5.74, 6) is -0.723. The third-order valence-corrected chi connectivity index (χ3v) is 2.14. The van der Waals surface area contributed by atoms with E-state index in [4.69, 9.17) is 10.5 Å². The molecular formula is C12H20N2O2. The molecule has 4 nitrogen and oxygen atoms in total. The smallest absolute Gasteiger partial charge is 0.317 e. The number of carbonyl (C=O) groups is 1. The lowest BCUT2D eigenvalue weighted by Gasteiger charge is -2.25. The van der Waals surface area contributed by atoms with Crippen LogP contribution >= 0.6 is 0 Å². The molecule has 4 heteroatoms. The number of aromatic amines is 1. The molecule has 90 valence electrons. The molecule has 0 aliphatic carbocycles. The van der Waals surface area contributed by atoms with Gasteiger partial charge in [-0.2, -0.15) is 0 Å². The van der Waals surface area contributed by atoms with Gasteiger partial charge in [0.05, 0.1) is 0 Å². The number of hydrogen-bond donors (Lipinski definition) is 2. The lowest BCUT2D eigenvalue weighted by atomic mass is 9.98. The summed E-state index contributed by atoms with van der Waals surface area (Å²) in [4.78, 5) is 15.0. The molecule has 0 spiro atoms. The van der Waals surface area contributed by atoms with Crippen molar-refractivity contribution in [1.29, 1.82) is 0 Å². The monoisotopic (exact) mass is 224 g/mol. The first-order chi connectivity index (χ1) is 7.31. The summed E-state index contributed by atoms with van der Waals surface area (Å²) in [6, 6.07) is 3.40. The second kappa shape index (κ2) is 4.70. The third kappa shape index (κ3) is 3.38. The summed E-state index contributed by atoms with van der Waals surface area (Å²) in [5, 5.41) is 0. The number of nitrogens with one attached hydrogen (secondary N) is 1. The molecule has 0 saturated carbocycles. The van der Waals surface area contributed by atoms with E-state index in [-0.39, 0.29) is 12.0 Å². The maximum atomic E-state index is 12.0. The first-order valence-electron chi connectivity index (χ1n) is 5.43. The number of nitrogens with two attached hydrogens (primary N) is 1. The second-order valence-corrected chi connectivity index (χ2v) is 5.00. The van der Waals surface area contributed by atoms with Crippen LogP contribution in [0.5, 0.6) is 0 Å². The Morgan fingerprint density at radius 1 is 1.50 bits per heavy atom. The maximum Gasteiger partial charge on any atom is 0.317 e. The molecule has 1 rings (SSSR count). The summed E-state index contributed by atoms with van der Waals surface area (Å²) in [7, 11) is 0.